The molecule has 0 aromatic rings. The van der Waals surface area contributed by atoms with Crippen molar-refractivity contribution in [2.75, 3.05) is 0 Å². The van der Waals surface area contributed by atoms with E-state index in [2.05, 4.69) is 59.9 Å². The number of carbonyl (C=O) groups is 2. The zero-order valence-corrected chi connectivity index (χ0v) is 28.6. The number of hydrogen-bond donors (Lipinski definition) is 2. The van der Waals surface area contributed by atoms with E-state index in [-0.39, 0.29) is 29.1 Å². The van der Waals surface area contributed by atoms with Crippen LogP contribution in [0.2, 0.25) is 0 Å². The molecule has 5 rings (SSSR count). The van der Waals surface area contributed by atoms with Gasteiger partial charge in [-0.3, -0.25) is 9.59 Å². The van der Waals surface area contributed by atoms with Gasteiger partial charge in [0.1, 0.15) is 0 Å². The minimum atomic E-state index is -0.833. The molecule has 3 saturated carbocycles. The maximum absolute atomic E-state index is 13.9. The molecule has 0 aromatic heterocycles. The van der Waals surface area contributed by atoms with Gasteiger partial charge in [0.05, 0.1) is 10.8 Å². The van der Waals surface area contributed by atoms with E-state index >= 15 is 0 Å². The third-order valence-corrected chi connectivity index (χ3v) is 14.4. The second kappa shape index (κ2) is 12.3. The SMILES string of the molecule is C=C1CCC(C(C)C)C2C=C(C)CCC3CC=C(C)C(CC4C(=C)CCC5C(C)(C(=O)O)CCCC45C)C3(C(=O)O)CCC12. The van der Waals surface area contributed by atoms with Crippen LogP contribution in [0.25, 0.3) is 0 Å². The molecule has 2 N–H and O–H groups in total. The van der Waals surface area contributed by atoms with Crippen molar-refractivity contribution in [2.24, 2.45) is 63.6 Å². The summed E-state index contributed by atoms with van der Waals surface area (Å²) in [7, 11) is 0. The van der Waals surface area contributed by atoms with Gasteiger partial charge in [0, 0.05) is 0 Å². The van der Waals surface area contributed by atoms with E-state index in [1.54, 1.807) is 0 Å². The summed E-state index contributed by atoms with van der Waals surface area (Å²) in [5.74, 6) is 0.889. The predicted molar refractivity (Wildman–Crippen MR) is 179 cm³/mol. The quantitative estimate of drug-likeness (QED) is 0.306. The van der Waals surface area contributed by atoms with Crippen LogP contribution in [-0.2, 0) is 9.59 Å². The predicted octanol–water partition coefficient (Wildman–Crippen LogP) is 10.3. The summed E-state index contributed by atoms with van der Waals surface area (Å²) in [6.45, 7) is 22.6. The molecule has 0 amide bonds. The van der Waals surface area contributed by atoms with Gasteiger partial charge in [0.2, 0.25) is 0 Å². The summed E-state index contributed by atoms with van der Waals surface area (Å²) in [5.41, 5.74) is 3.42. The fourth-order valence-electron chi connectivity index (χ4n) is 11.8. The second-order valence-electron chi connectivity index (χ2n) is 16.8. The number of carboxylic acids is 2. The minimum Gasteiger partial charge on any atom is -0.481 e. The minimum absolute atomic E-state index is 0.0750. The Hall–Kier alpha value is -2.10. The molecule has 244 valence electrons. The van der Waals surface area contributed by atoms with E-state index in [1.807, 2.05) is 6.92 Å². The van der Waals surface area contributed by atoms with Crippen LogP contribution < -0.4 is 0 Å². The van der Waals surface area contributed by atoms with E-state index in [0.29, 0.717) is 30.1 Å². The number of hydrogen-bond acceptors (Lipinski definition) is 2. The normalized spacial score (nSPS) is 43.2. The number of fused-ring (bicyclic) bond motifs is 3. The molecule has 3 fully saturated rings. The van der Waals surface area contributed by atoms with Crippen molar-refractivity contribution >= 4 is 11.9 Å². The Morgan fingerprint density at radius 3 is 2.27 bits per heavy atom. The molecule has 0 aliphatic heterocycles. The van der Waals surface area contributed by atoms with Gasteiger partial charge >= 0.3 is 11.9 Å². The largest absolute Gasteiger partial charge is 0.481 e. The first-order valence-electron chi connectivity index (χ1n) is 17.8. The number of allylic oxidation sites excluding steroid dienone is 6. The summed E-state index contributed by atoms with van der Waals surface area (Å²) in [5, 5.41) is 21.9. The summed E-state index contributed by atoms with van der Waals surface area (Å²) in [4.78, 5) is 26.6. The zero-order chi connectivity index (χ0) is 32.2. The van der Waals surface area contributed by atoms with Gasteiger partial charge in [0.25, 0.3) is 0 Å². The molecule has 4 nitrogen and oxygen atoms in total. The Balaban J connectivity index is 1.56. The highest BCUT2D eigenvalue weighted by Gasteiger charge is 2.60. The molecule has 0 spiro atoms. The molecular formula is C40H60O4. The highest BCUT2D eigenvalue weighted by molar-refractivity contribution is 5.77. The molecule has 0 bridgehead atoms. The molecule has 44 heavy (non-hydrogen) atoms. The van der Waals surface area contributed by atoms with Crippen LogP contribution >= 0.6 is 0 Å². The fraction of sp³-hybridized carbons (Fsp3) is 0.750. The van der Waals surface area contributed by atoms with Crippen molar-refractivity contribution in [3.63, 3.8) is 0 Å². The van der Waals surface area contributed by atoms with Crippen molar-refractivity contribution in [2.45, 2.75) is 125 Å². The molecule has 5 aliphatic rings. The molecule has 0 saturated heterocycles. The average molecular weight is 605 g/mol. The van der Waals surface area contributed by atoms with E-state index in [1.165, 1.54) is 28.7 Å². The summed E-state index contributed by atoms with van der Waals surface area (Å²) in [6.07, 6.45) is 16.5. The number of aliphatic carboxylic acids is 2. The van der Waals surface area contributed by atoms with Crippen LogP contribution in [0.15, 0.2) is 47.6 Å². The van der Waals surface area contributed by atoms with Crippen molar-refractivity contribution < 1.29 is 19.8 Å². The standard InChI is InChI=1S/C40H60O4/c1-24(2)30-16-12-26(4)31-18-21-40(37(43)44)29(14-10-25(3)22-32(30)31)15-11-28(6)34(40)23-33-27(5)13-17-35-38(33,7)19-9-20-39(35,8)36(41)42/h11,22,24,29-35H,4-5,9-10,12-21,23H2,1-3,6-8H3,(H,41,42)(H,43,44). The van der Waals surface area contributed by atoms with Gasteiger partial charge in [-0.15, -0.1) is 0 Å². The van der Waals surface area contributed by atoms with E-state index < -0.39 is 22.8 Å². The first kappa shape index (κ1) is 33.3. The van der Waals surface area contributed by atoms with Gasteiger partial charge in [-0.1, -0.05) is 74.8 Å². The molecule has 10 atom stereocenters. The monoisotopic (exact) mass is 604 g/mol. The van der Waals surface area contributed by atoms with Crippen LogP contribution in [0.4, 0.5) is 0 Å². The third-order valence-electron chi connectivity index (χ3n) is 14.4. The first-order valence-corrected chi connectivity index (χ1v) is 17.8. The van der Waals surface area contributed by atoms with E-state index in [0.717, 1.165) is 70.6 Å². The van der Waals surface area contributed by atoms with Crippen molar-refractivity contribution in [3.05, 3.63) is 47.6 Å². The smallest absolute Gasteiger partial charge is 0.310 e. The van der Waals surface area contributed by atoms with E-state index in [4.69, 9.17) is 0 Å². The second-order valence-corrected chi connectivity index (χ2v) is 16.8. The summed E-state index contributed by atoms with van der Waals surface area (Å²) < 4.78 is 0. The molecule has 4 heteroatoms. The van der Waals surface area contributed by atoms with Crippen LogP contribution in [0.1, 0.15) is 125 Å². The van der Waals surface area contributed by atoms with Crippen molar-refractivity contribution in [3.8, 4) is 0 Å². The molecule has 10 unspecified atom stereocenters. The maximum Gasteiger partial charge on any atom is 0.310 e. The van der Waals surface area contributed by atoms with Crippen LogP contribution in [0.3, 0.4) is 0 Å². The van der Waals surface area contributed by atoms with Gasteiger partial charge in [-0.25, -0.2) is 0 Å². The van der Waals surface area contributed by atoms with Crippen LogP contribution in [0, 0.1) is 63.6 Å². The van der Waals surface area contributed by atoms with Gasteiger partial charge in [-0.2, -0.15) is 0 Å². The van der Waals surface area contributed by atoms with E-state index in [9.17, 15) is 19.8 Å². The highest BCUT2D eigenvalue weighted by Crippen LogP contribution is 2.64. The van der Waals surface area contributed by atoms with Crippen LogP contribution in [0.5, 0.6) is 0 Å². The maximum atomic E-state index is 13.9. The number of rotatable bonds is 5. The van der Waals surface area contributed by atoms with Crippen molar-refractivity contribution in [1.82, 2.24) is 0 Å². The lowest BCUT2D eigenvalue weighted by atomic mass is 9.44. The van der Waals surface area contributed by atoms with Crippen molar-refractivity contribution in [1.29, 1.82) is 0 Å². The lowest BCUT2D eigenvalue weighted by molar-refractivity contribution is -0.166. The zero-order valence-electron chi connectivity index (χ0n) is 28.6. The molecular weight excluding hydrogens is 544 g/mol. The number of carboxylic acid groups (broad SMARTS) is 2. The topological polar surface area (TPSA) is 74.6 Å². The van der Waals surface area contributed by atoms with Crippen LogP contribution in [-0.4, -0.2) is 22.2 Å². The first-order chi connectivity index (χ1) is 20.7. The Bertz CT molecular complexity index is 1240. The Morgan fingerprint density at radius 2 is 1.61 bits per heavy atom. The van der Waals surface area contributed by atoms with Gasteiger partial charge in [-0.05, 0) is 151 Å². The lowest BCUT2D eigenvalue weighted by Gasteiger charge is -2.59. The molecule has 0 heterocycles. The Labute approximate surface area is 267 Å². The molecule has 0 aromatic carbocycles. The summed E-state index contributed by atoms with van der Waals surface area (Å²) in [6, 6.07) is 0. The Morgan fingerprint density at radius 1 is 0.909 bits per heavy atom. The molecule has 5 aliphatic carbocycles. The third kappa shape index (κ3) is 5.38. The summed E-state index contributed by atoms with van der Waals surface area (Å²) >= 11 is 0. The van der Waals surface area contributed by atoms with Gasteiger partial charge < -0.3 is 10.2 Å². The fourth-order valence-corrected chi connectivity index (χ4v) is 11.8. The highest BCUT2D eigenvalue weighted by atomic mass is 16.4. The lowest BCUT2D eigenvalue weighted by Crippen LogP contribution is -2.55. The molecule has 0 radical (unpaired) electrons. The van der Waals surface area contributed by atoms with Gasteiger partial charge in [0.15, 0.2) is 0 Å². The average Bonchev–Trinajstić information content (AvgIpc) is 2.94. The Kier molecular flexibility index (Phi) is 9.26.